The number of carbonyl (C=O) groups is 2. The van der Waals surface area contributed by atoms with Gasteiger partial charge < -0.3 is 14.7 Å². The average Bonchev–Trinajstić information content (AvgIpc) is 2.77. The molecule has 2 heterocycles. The fraction of sp³-hybridized carbons (Fsp3) is 0.667. The molecule has 0 bridgehead atoms. The summed E-state index contributed by atoms with van der Waals surface area (Å²) in [6.07, 6.45) is 1.19. The largest absolute Gasteiger partial charge is 0.481 e. The van der Waals surface area contributed by atoms with Gasteiger partial charge in [0.05, 0.1) is 12.3 Å². The Morgan fingerprint density at radius 1 is 1.45 bits per heavy atom. The van der Waals surface area contributed by atoms with Crippen LogP contribution in [0, 0.1) is 19.3 Å². The molecular formula is C15H23N3O4. The number of piperidine rings is 1. The molecule has 0 saturated carbocycles. The predicted octanol–water partition coefficient (Wildman–Crippen LogP) is 0.840. The van der Waals surface area contributed by atoms with Crippen molar-refractivity contribution in [1.29, 1.82) is 0 Å². The Morgan fingerprint density at radius 2 is 2.18 bits per heavy atom. The highest BCUT2D eigenvalue weighted by Gasteiger charge is 2.43. The lowest BCUT2D eigenvalue weighted by Crippen LogP contribution is -2.52. The van der Waals surface area contributed by atoms with Crippen LogP contribution >= 0.6 is 0 Å². The maximum Gasteiger partial charge on any atom is 0.313 e. The lowest BCUT2D eigenvalue weighted by Gasteiger charge is -2.39. The van der Waals surface area contributed by atoms with E-state index in [1.54, 1.807) is 9.58 Å². The van der Waals surface area contributed by atoms with Crippen LogP contribution in [0.2, 0.25) is 0 Å². The Kier molecular flexibility index (Phi) is 4.85. The monoisotopic (exact) mass is 309 g/mol. The van der Waals surface area contributed by atoms with E-state index in [1.165, 1.54) is 7.11 Å². The van der Waals surface area contributed by atoms with Crippen LogP contribution in [0.15, 0.2) is 6.07 Å². The summed E-state index contributed by atoms with van der Waals surface area (Å²) in [7, 11) is 1.49. The van der Waals surface area contributed by atoms with E-state index in [0.29, 0.717) is 19.4 Å². The van der Waals surface area contributed by atoms with Crippen LogP contribution in [0.1, 0.15) is 24.2 Å². The van der Waals surface area contributed by atoms with E-state index in [0.717, 1.165) is 11.4 Å². The molecule has 1 fully saturated rings. The number of ether oxygens (including phenoxy) is 1. The van der Waals surface area contributed by atoms with E-state index < -0.39 is 11.4 Å². The molecule has 1 unspecified atom stereocenters. The van der Waals surface area contributed by atoms with Gasteiger partial charge in [0.2, 0.25) is 5.91 Å². The quantitative estimate of drug-likeness (QED) is 0.871. The molecule has 7 nitrogen and oxygen atoms in total. The van der Waals surface area contributed by atoms with Gasteiger partial charge in [0, 0.05) is 25.9 Å². The van der Waals surface area contributed by atoms with Gasteiger partial charge in [-0.15, -0.1) is 0 Å². The molecule has 1 aromatic rings. The van der Waals surface area contributed by atoms with Gasteiger partial charge in [-0.3, -0.25) is 14.3 Å². The van der Waals surface area contributed by atoms with Gasteiger partial charge in [-0.25, -0.2) is 0 Å². The van der Waals surface area contributed by atoms with Gasteiger partial charge in [-0.1, -0.05) is 0 Å². The average molecular weight is 309 g/mol. The summed E-state index contributed by atoms with van der Waals surface area (Å²) in [5.74, 6) is -1.01. The third-order valence-corrected chi connectivity index (χ3v) is 4.19. The summed E-state index contributed by atoms with van der Waals surface area (Å²) in [5, 5.41) is 13.8. The first-order chi connectivity index (χ1) is 10.4. The molecule has 7 heteroatoms. The van der Waals surface area contributed by atoms with Crippen molar-refractivity contribution >= 4 is 11.9 Å². The number of methoxy groups -OCH3 is 1. The maximum atomic E-state index is 12.5. The molecule has 1 N–H and O–H groups in total. The lowest BCUT2D eigenvalue weighted by molar-refractivity contribution is -0.159. The number of hydrogen-bond acceptors (Lipinski definition) is 4. The molecule has 0 aliphatic carbocycles. The molecule has 1 saturated heterocycles. The first kappa shape index (κ1) is 16.5. The Hall–Kier alpha value is -1.89. The van der Waals surface area contributed by atoms with Crippen molar-refractivity contribution in [1.82, 2.24) is 14.7 Å². The van der Waals surface area contributed by atoms with Crippen LogP contribution in [-0.4, -0.2) is 58.5 Å². The summed E-state index contributed by atoms with van der Waals surface area (Å²) < 4.78 is 6.74. The number of carboxylic acids is 1. The number of amides is 1. The van der Waals surface area contributed by atoms with Crippen molar-refractivity contribution in [2.24, 2.45) is 5.41 Å². The fourth-order valence-electron chi connectivity index (χ4n) is 3.04. The van der Waals surface area contributed by atoms with Crippen molar-refractivity contribution in [3.63, 3.8) is 0 Å². The number of carbonyl (C=O) groups excluding carboxylic acids is 1. The van der Waals surface area contributed by atoms with Gasteiger partial charge in [0.1, 0.15) is 12.0 Å². The normalized spacial score (nSPS) is 21.9. The zero-order valence-corrected chi connectivity index (χ0v) is 13.3. The number of rotatable bonds is 5. The van der Waals surface area contributed by atoms with Crippen LogP contribution in [0.25, 0.3) is 0 Å². The predicted molar refractivity (Wildman–Crippen MR) is 79.5 cm³/mol. The van der Waals surface area contributed by atoms with Gasteiger partial charge in [0.15, 0.2) is 0 Å². The highest BCUT2D eigenvalue weighted by atomic mass is 16.5. The minimum absolute atomic E-state index is 0.104. The molecule has 0 radical (unpaired) electrons. The Labute approximate surface area is 129 Å². The smallest absolute Gasteiger partial charge is 0.313 e. The van der Waals surface area contributed by atoms with E-state index in [4.69, 9.17) is 4.74 Å². The van der Waals surface area contributed by atoms with Crippen molar-refractivity contribution < 1.29 is 19.4 Å². The Bertz CT molecular complexity index is 565. The number of nitrogens with zero attached hydrogens (tertiary/aromatic N) is 3. The van der Waals surface area contributed by atoms with Crippen molar-refractivity contribution in [3.8, 4) is 0 Å². The first-order valence-corrected chi connectivity index (χ1v) is 7.39. The second-order valence-corrected chi connectivity index (χ2v) is 6.02. The van der Waals surface area contributed by atoms with Crippen LogP contribution in [0.3, 0.4) is 0 Å². The molecule has 2 rings (SSSR count). The standard InChI is InChI=1S/C15H23N3O4/c1-11-7-12(2)18(16-11)8-13(19)17-6-4-5-15(9-17,10-22-3)14(20)21/h7H,4-6,8-10H2,1-3H3,(H,20,21). The number of aryl methyl sites for hydroxylation is 2. The maximum absolute atomic E-state index is 12.5. The Morgan fingerprint density at radius 3 is 2.73 bits per heavy atom. The van der Waals surface area contributed by atoms with Crippen LogP contribution in [0.4, 0.5) is 0 Å². The number of carboxylic acid groups (broad SMARTS) is 1. The fourth-order valence-corrected chi connectivity index (χ4v) is 3.04. The zero-order valence-electron chi connectivity index (χ0n) is 13.3. The van der Waals surface area contributed by atoms with E-state index in [1.807, 2.05) is 19.9 Å². The minimum atomic E-state index is -1.00. The van der Waals surface area contributed by atoms with Crippen LogP contribution < -0.4 is 0 Å². The second kappa shape index (κ2) is 6.48. The SMILES string of the molecule is COCC1(C(=O)O)CCCN(C(=O)Cn2nc(C)cc2C)C1. The third-order valence-electron chi connectivity index (χ3n) is 4.19. The van der Waals surface area contributed by atoms with Gasteiger partial charge in [-0.05, 0) is 32.8 Å². The number of aliphatic carboxylic acids is 1. The van der Waals surface area contributed by atoms with E-state index >= 15 is 0 Å². The molecule has 1 atom stereocenters. The molecule has 22 heavy (non-hydrogen) atoms. The summed E-state index contributed by atoms with van der Waals surface area (Å²) in [6, 6.07) is 1.91. The molecular weight excluding hydrogens is 286 g/mol. The van der Waals surface area contributed by atoms with Gasteiger partial charge in [-0.2, -0.15) is 5.10 Å². The summed E-state index contributed by atoms with van der Waals surface area (Å²) in [6.45, 7) is 4.80. The molecule has 1 aliphatic heterocycles. The molecule has 0 spiro atoms. The lowest BCUT2D eigenvalue weighted by atomic mass is 9.80. The minimum Gasteiger partial charge on any atom is -0.481 e. The molecule has 0 aromatic carbocycles. The Balaban J connectivity index is 2.09. The van der Waals surface area contributed by atoms with Crippen molar-refractivity contribution in [3.05, 3.63) is 17.5 Å². The van der Waals surface area contributed by atoms with Crippen LogP contribution in [-0.2, 0) is 20.9 Å². The van der Waals surface area contributed by atoms with E-state index in [9.17, 15) is 14.7 Å². The molecule has 122 valence electrons. The van der Waals surface area contributed by atoms with Crippen molar-refractivity contribution in [2.75, 3.05) is 26.8 Å². The van der Waals surface area contributed by atoms with E-state index in [-0.39, 0.29) is 25.6 Å². The molecule has 1 aliphatic rings. The number of aromatic nitrogens is 2. The number of likely N-dealkylation sites (tertiary alicyclic amines) is 1. The zero-order chi connectivity index (χ0) is 16.3. The summed E-state index contributed by atoms with van der Waals surface area (Å²) in [4.78, 5) is 25.7. The van der Waals surface area contributed by atoms with Crippen LogP contribution in [0.5, 0.6) is 0 Å². The van der Waals surface area contributed by atoms with E-state index in [2.05, 4.69) is 5.10 Å². The summed E-state index contributed by atoms with van der Waals surface area (Å²) in [5.41, 5.74) is 0.782. The number of hydrogen-bond donors (Lipinski definition) is 1. The van der Waals surface area contributed by atoms with Gasteiger partial charge >= 0.3 is 5.97 Å². The topological polar surface area (TPSA) is 84.7 Å². The second-order valence-electron chi connectivity index (χ2n) is 6.02. The molecule has 1 amide bonds. The molecule has 1 aromatic heterocycles. The summed E-state index contributed by atoms with van der Waals surface area (Å²) >= 11 is 0. The third kappa shape index (κ3) is 3.30. The van der Waals surface area contributed by atoms with Gasteiger partial charge in [0.25, 0.3) is 0 Å². The highest BCUT2D eigenvalue weighted by Crippen LogP contribution is 2.31. The first-order valence-electron chi connectivity index (χ1n) is 7.39. The highest BCUT2D eigenvalue weighted by molar-refractivity contribution is 5.79. The van der Waals surface area contributed by atoms with Crippen molar-refractivity contribution in [2.45, 2.75) is 33.2 Å².